The van der Waals surface area contributed by atoms with Crippen molar-refractivity contribution in [2.45, 2.75) is 60.3 Å². The Labute approximate surface area is 162 Å². The highest BCUT2D eigenvalue weighted by Crippen LogP contribution is 2.34. The van der Waals surface area contributed by atoms with Crippen LogP contribution in [0.15, 0.2) is 53.3 Å². The number of aromatic nitrogens is 2. The van der Waals surface area contributed by atoms with Gasteiger partial charge in [-0.1, -0.05) is 52.8 Å². The molecule has 5 rings (SSSR count). The molecule has 2 aromatic carbocycles. The minimum Gasteiger partial charge on any atom is -0.464 e. The zero-order chi connectivity index (χ0) is 19.8. The number of para-hydroxylation sites is 1. The summed E-state index contributed by atoms with van der Waals surface area (Å²) in [7, 11) is 0. The molecule has 4 aromatic rings. The van der Waals surface area contributed by atoms with Crippen molar-refractivity contribution in [1.29, 1.82) is 0 Å². The summed E-state index contributed by atoms with van der Waals surface area (Å²) in [5.41, 5.74) is 6.38. The van der Waals surface area contributed by atoms with Gasteiger partial charge in [-0.15, -0.1) is 0 Å². The minimum absolute atomic E-state index is 0.731. The molecular weight excluding hydrogens is 332 g/mol. The molecule has 27 heavy (non-hydrogen) atoms. The van der Waals surface area contributed by atoms with Crippen LogP contribution in [0.5, 0.6) is 0 Å². The fourth-order valence-electron chi connectivity index (χ4n) is 3.37. The molecule has 0 aliphatic heterocycles. The Hall–Kier alpha value is -2.55. The molecule has 2 heterocycles. The predicted octanol–water partition coefficient (Wildman–Crippen LogP) is 7.41. The Bertz CT molecular complexity index is 965. The third kappa shape index (κ3) is 4.60. The van der Waals surface area contributed by atoms with Crippen LogP contribution in [-0.2, 0) is 6.42 Å². The van der Waals surface area contributed by atoms with Crippen molar-refractivity contribution in [3.05, 3.63) is 65.5 Å². The van der Waals surface area contributed by atoms with Crippen molar-refractivity contribution in [2.75, 3.05) is 0 Å². The van der Waals surface area contributed by atoms with Crippen LogP contribution >= 0.6 is 0 Å². The van der Waals surface area contributed by atoms with Gasteiger partial charge >= 0.3 is 0 Å². The van der Waals surface area contributed by atoms with Gasteiger partial charge in [0.2, 0.25) is 0 Å². The predicted molar refractivity (Wildman–Crippen MR) is 116 cm³/mol. The molecule has 0 saturated carbocycles. The normalized spacial score (nSPS) is 14.4. The Kier molecular flexibility index (Phi) is 7.66. The van der Waals surface area contributed by atoms with Gasteiger partial charge < -0.3 is 4.42 Å². The summed E-state index contributed by atoms with van der Waals surface area (Å²) in [6, 6.07) is 12.6. The van der Waals surface area contributed by atoms with Crippen molar-refractivity contribution in [1.82, 2.24) is 10.2 Å². The van der Waals surface area contributed by atoms with E-state index in [0.717, 1.165) is 11.5 Å². The lowest BCUT2D eigenvalue weighted by Crippen LogP contribution is -1.85. The molecular formula is C24H32N2O. The SMILES string of the molecule is CC.CC.CC1CCc2cc3[nH]ncc3cc21.Cc1coc2ccccc12. The molecule has 3 heteroatoms. The smallest absolute Gasteiger partial charge is 0.134 e. The fourth-order valence-corrected chi connectivity index (χ4v) is 3.37. The maximum atomic E-state index is 5.25. The van der Waals surface area contributed by atoms with Gasteiger partial charge in [-0.2, -0.15) is 5.10 Å². The van der Waals surface area contributed by atoms with E-state index in [-0.39, 0.29) is 0 Å². The molecule has 1 N–H and O–H groups in total. The standard InChI is InChI=1S/C11H12N2.C9H8O.2C2H6/c1-7-2-3-8-5-11-9(4-10(7)8)6-12-13-11;1-7-6-10-9-5-3-2-4-8(7)9;2*1-2/h4-7H,2-3H2,1H3,(H,12,13);2-6H,1H3;2*1-2H3. The molecule has 144 valence electrons. The number of H-pyrrole nitrogens is 1. The molecule has 0 saturated heterocycles. The van der Waals surface area contributed by atoms with Crippen LogP contribution in [0, 0.1) is 6.92 Å². The Morgan fingerprint density at radius 2 is 1.81 bits per heavy atom. The number of hydrogen-bond acceptors (Lipinski definition) is 2. The zero-order valence-electron chi connectivity index (χ0n) is 17.5. The van der Waals surface area contributed by atoms with E-state index < -0.39 is 0 Å². The van der Waals surface area contributed by atoms with Crippen molar-refractivity contribution < 1.29 is 4.42 Å². The molecule has 2 aromatic heterocycles. The molecule has 1 atom stereocenters. The molecule has 1 aliphatic carbocycles. The summed E-state index contributed by atoms with van der Waals surface area (Å²) in [6.45, 7) is 12.4. The van der Waals surface area contributed by atoms with E-state index >= 15 is 0 Å². The lowest BCUT2D eigenvalue weighted by atomic mass is 10.0. The Morgan fingerprint density at radius 3 is 2.56 bits per heavy atom. The summed E-state index contributed by atoms with van der Waals surface area (Å²) in [6.07, 6.45) is 6.21. The average Bonchev–Trinajstić information content (AvgIpc) is 3.44. The zero-order valence-corrected chi connectivity index (χ0v) is 17.5. The lowest BCUT2D eigenvalue weighted by molar-refractivity contribution is 0.613. The number of nitrogens with one attached hydrogen (secondary N) is 1. The van der Waals surface area contributed by atoms with Gasteiger partial charge in [0.15, 0.2) is 0 Å². The summed E-state index contributed by atoms with van der Waals surface area (Å²) in [5.74, 6) is 0.731. The van der Waals surface area contributed by atoms with Gasteiger partial charge in [-0.05, 0) is 60.6 Å². The van der Waals surface area contributed by atoms with Crippen molar-refractivity contribution in [3.8, 4) is 0 Å². The first-order valence-electron chi connectivity index (χ1n) is 10.1. The second-order valence-corrected chi connectivity index (χ2v) is 6.36. The van der Waals surface area contributed by atoms with Crippen LogP contribution in [0.2, 0.25) is 0 Å². The van der Waals surface area contributed by atoms with Crippen molar-refractivity contribution in [2.24, 2.45) is 0 Å². The summed E-state index contributed by atoms with van der Waals surface area (Å²) in [5, 5.41) is 9.51. The van der Waals surface area contributed by atoms with Crippen LogP contribution in [0.3, 0.4) is 0 Å². The number of aryl methyl sites for hydroxylation is 2. The maximum Gasteiger partial charge on any atom is 0.134 e. The summed E-state index contributed by atoms with van der Waals surface area (Å²) >= 11 is 0. The van der Waals surface area contributed by atoms with Crippen molar-refractivity contribution >= 4 is 21.9 Å². The maximum absolute atomic E-state index is 5.25. The number of benzene rings is 2. The number of fused-ring (bicyclic) bond motifs is 3. The topological polar surface area (TPSA) is 41.8 Å². The summed E-state index contributed by atoms with van der Waals surface area (Å²) < 4.78 is 5.25. The molecule has 0 radical (unpaired) electrons. The molecule has 0 fully saturated rings. The van der Waals surface area contributed by atoms with E-state index in [1.165, 1.54) is 45.8 Å². The lowest BCUT2D eigenvalue weighted by Gasteiger charge is -2.03. The average molecular weight is 365 g/mol. The third-order valence-corrected chi connectivity index (χ3v) is 4.75. The molecule has 0 spiro atoms. The van der Waals surface area contributed by atoms with Gasteiger partial charge in [-0.25, -0.2) is 0 Å². The van der Waals surface area contributed by atoms with Crippen LogP contribution in [0.1, 0.15) is 63.6 Å². The quantitative estimate of drug-likeness (QED) is 0.353. The van der Waals surface area contributed by atoms with E-state index in [1.807, 2.05) is 59.0 Å². The summed E-state index contributed by atoms with van der Waals surface area (Å²) in [4.78, 5) is 0. The van der Waals surface area contributed by atoms with Crippen LogP contribution in [0.4, 0.5) is 0 Å². The first kappa shape index (κ1) is 20.8. The van der Waals surface area contributed by atoms with E-state index in [4.69, 9.17) is 4.42 Å². The molecule has 0 amide bonds. The van der Waals surface area contributed by atoms with Gasteiger partial charge in [0.25, 0.3) is 0 Å². The molecule has 1 unspecified atom stereocenters. The highest BCUT2D eigenvalue weighted by molar-refractivity contribution is 5.81. The van der Waals surface area contributed by atoms with Gasteiger partial charge in [0.1, 0.15) is 5.58 Å². The molecule has 1 aliphatic rings. The van der Waals surface area contributed by atoms with Gasteiger partial charge in [-0.3, -0.25) is 5.10 Å². The number of hydrogen-bond donors (Lipinski definition) is 1. The number of furan rings is 1. The van der Waals surface area contributed by atoms with Crippen molar-refractivity contribution in [3.63, 3.8) is 0 Å². The van der Waals surface area contributed by atoms with Gasteiger partial charge in [0, 0.05) is 10.8 Å². The molecule has 3 nitrogen and oxygen atoms in total. The second-order valence-electron chi connectivity index (χ2n) is 6.36. The molecule has 0 bridgehead atoms. The number of aromatic amines is 1. The van der Waals surface area contributed by atoms with E-state index in [2.05, 4.69) is 35.3 Å². The largest absolute Gasteiger partial charge is 0.464 e. The van der Waals surface area contributed by atoms with Crippen LogP contribution in [0.25, 0.3) is 21.9 Å². The van der Waals surface area contributed by atoms with Gasteiger partial charge in [0.05, 0.1) is 18.0 Å². The van der Waals surface area contributed by atoms with E-state index in [1.54, 1.807) is 6.26 Å². The number of nitrogens with zero attached hydrogens (tertiary/aromatic N) is 1. The first-order valence-corrected chi connectivity index (χ1v) is 10.1. The number of rotatable bonds is 0. The monoisotopic (exact) mass is 364 g/mol. The highest BCUT2D eigenvalue weighted by atomic mass is 16.3. The Balaban J connectivity index is 0.000000168. The third-order valence-electron chi connectivity index (χ3n) is 4.75. The Morgan fingerprint density at radius 1 is 1.07 bits per heavy atom. The van der Waals surface area contributed by atoms with Crippen LogP contribution < -0.4 is 0 Å². The van der Waals surface area contributed by atoms with Crippen LogP contribution in [-0.4, -0.2) is 10.2 Å². The second kappa shape index (κ2) is 9.96. The highest BCUT2D eigenvalue weighted by Gasteiger charge is 2.19. The fraction of sp³-hybridized carbons (Fsp3) is 0.375. The first-order chi connectivity index (χ1) is 13.2. The van der Waals surface area contributed by atoms with E-state index in [0.29, 0.717) is 0 Å². The van der Waals surface area contributed by atoms with E-state index in [9.17, 15) is 0 Å². The minimum atomic E-state index is 0.731.